The Labute approximate surface area is 124 Å². The average Bonchev–Trinajstić information content (AvgIpc) is 3.02. The minimum absolute atomic E-state index is 0.221. The highest BCUT2D eigenvalue weighted by Crippen LogP contribution is 2.37. The quantitative estimate of drug-likeness (QED) is 0.639. The molecule has 0 spiro atoms. The number of aromatic amines is 1. The van der Waals surface area contributed by atoms with Crippen LogP contribution in [0.3, 0.4) is 0 Å². The number of rotatable bonds is 1. The van der Waals surface area contributed by atoms with E-state index in [1.54, 1.807) is 12.1 Å². The molecule has 0 bridgehead atoms. The van der Waals surface area contributed by atoms with Gasteiger partial charge in [0.1, 0.15) is 5.82 Å². The van der Waals surface area contributed by atoms with E-state index in [0.717, 1.165) is 30.3 Å². The van der Waals surface area contributed by atoms with E-state index in [2.05, 4.69) is 21.0 Å². The van der Waals surface area contributed by atoms with Gasteiger partial charge in [0.15, 0.2) is 4.77 Å². The van der Waals surface area contributed by atoms with Gasteiger partial charge in [0.2, 0.25) is 0 Å². The first-order valence-electron chi connectivity index (χ1n) is 6.70. The van der Waals surface area contributed by atoms with Gasteiger partial charge in [0, 0.05) is 4.88 Å². The molecular weight excluding hydrogens is 291 g/mol. The van der Waals surface area contributed by atoms with Gasteiger partial charge in [-0.05, 0) is 66.7 Å². The summed E-state index contributed by atoms with van der Waals surface area (Å²) in [4.78, 5) is 4.63. The second-order valence-corrected chi connectivity index (χ2v) is 6.56. The highest BCUT2D eigenvalue weighted by molar-refractivity contribution is 7.71. The van der Waals surface area contributed by atoms with Crippen molar-refractivity contribution in [3.05, 3.63) is 50.7 Å². The van der Waals surface area contributed by atoms with Crippen molar-refractivity contribution in [1.82, 2.24) is 9.55 Å². The van der Waals surface area contributed by atoms with Crippen LogP contribution in [0.25, 0.3) is 11.0 Å². The van der Waals surface area contributed by atoms with Crippen molar-refractivity contribution in [1.29, 1.82) is 0 Å². The molecule has 0 radical (unpaired) electrons. The molecule has 0 amide bonds. The second kappa shape index (κ2) is 4.53. The summed E-state index contributed by atoms with van der Waals surface area (Å²) < 4.78 is 16.3. The molecule has 102 valence electrons. The molecule has 2 heterocycles. The zero-order valence-electron chi connectivity index (χ0n) is 10.7. The molecule has 4 rings (SSSR count). The van der Waals surface area contributed by atoms with Crippen molar-refractivity contribution in [2.45, 2.75) is 25.3 Å². The third-order valence-corrected chi connectivity index (χ3v) is 5.31. The second-order valence-electron chi connectivity index (χ2n) is 5.17. The van der Waals surface area contributed by atoms with Gasteiger partial charge in [-0.15, -0.1) is 11.3 Å². The number of nitrogens with zero attached hydrogens (tertiary/aromatic N) is 1. The molecule has 1 unspecified atom stereocenters. The van der Waals surface area contributed by atoms with Crippen molar-refractivity contribution in [2.24, 2.45) is 0 Å². The van der Waals surface area contributed by atoms with E-state index < -0.39 is 0 Å². The first kappa shape index (κ1) is 12.3. The monoisotopic (exact) mass is 304 g/mol. The van der Waals surface area contributed by atoms with E-state index >= 15 is 0 Å². The molecular formula is C15H13FN2S2. The average molecular weight is 304 g/mol. The fraction of sp³-hybridized carbons (Fsp3) is 0.267. The third kappa shape index (κ3) is 1.77. The molecule has 0 saturated heterocycles. The van der Waals surface area contributed by atoms with Crippen LogP contribution in [-0.2, 0) is 6.42 Å². The number of H-pyrrole nitrogens is 1. The predicted molar refractivity (Wildman–Crippen MR) is 82.5 cm³/mol. The summed E-state index contributed by atoms with van der Waals surface area (Å²) in [5, 5.41) is 2.14. The van der Waals surface area contributed by atoms with Crippen molar-refractivity contribution < 1.29 is 4.39 Å². The predicted octanol–water partition coefficient (Wildman–Crippen LogP) is 4.83. The molecule has 1 atom stereocenters. The number of nitrogens with one attached hydrogen (secondary N) is 1. The van der Waals surface area contributed by atoms with E-state index in [1.165, 1.54) is 16.5 Å². The summed E-state index contributed by atoms with van der Waals surface area (Å²) in [6.07, 6.45) is 3.36. The smallest absolute Gasteiger partial charge is 0.178 e. The summed E-state index contributed by atoms with van der Waals surface area (Å²) in [6, 6.07) is 7.21. The van der Waals surface area contributed by atoms with Gasteiger partial charge in [-0.1, -0.05) is 0 Å². The lowest BCUT2D eigenvalue weighted by Crippen LogP contribution is -2.15. The van der Waals surface area contributed by atoms with Crippen LogP contribution < -0.4 is 0 Å². The highest BCUT2D eigenvalue weighted by Gasteiger charge is 2.24. The van der Waals surface area contributed by atoms with E-state index in [0.29, 0.717) is 4.77 Å². The lowest BCUT2D eigenvalue weighted by Gasteiger charge is -2.24. The van der Waals surface area contributed by atoms with Gasteiger partial charge in [0.05, 0.1) is 17.1 Å². The van der Waals surface area contributed by atoms with Crippen LogP contribution in [-0.4, -0.2) is 9.55 Å². The SMILES string of the molecule is Fc1ccc2[nH]c(=S)n(C3CCCc4sccc43)c2c1. The van der Waals surface area contributed by atoms with Crippen molar-refractivity contribution in [3.63, 3.8) is 0 Å². The van der Waals surface area contributed by atoms with Crippen molar-refractivity contribution in [2.75, 3.05) is 0 Å². The van der Waals surface area contributed by atoms with Gasteiger partial charge in [-0.3, -0.25) is 0 Å². The first-order valence-corrected chi connectivity index (χ1v) is 7.99. The van der Waals surface area contributed by atoms with Crippen molar-refractivity contribution in [3.8, 4) is 0 Å². The van der Waals surface area contributed by atoms with Crippen LogP contribution in [0.5, 0.6) is 0 Å². The fourth-order valence-electron chi connectivity index (χ4n) is 3.13. The summed E-state index contributed by atoms with van der Waals surface area (Å²) in [5.74, 6) is -0.221. The molecule has 1 aromatic carbocycles. The maximum atomic E-state index is 13.6. The van der Waals surface area contributed by atoms with E-state index in [-0.39, 0.29) is 11.9 Å². The van der Waals surface area contributed by atoms with Crippen LogP contribution in [0.1, 0.15) is 29.3 Å². The third-order valence-electron chi connectivity index (χ3n) is 4.01. The minimum atomic E-state index is -0.221. The number of aryl methyl sites for hydroxylation is 1. The number of benzene rings is 1. The van der Waals surface area contributed by atoms with Gasteiger partial charge in [0.25, 0.3) is 0 Å². The Hall–Kier alpha value is -1.46. The zero-order chi connectivity index (χ0) is 13.7. The molecule has 2 aromatic heterocycles. The summed E-state index contributed by atoms with van der Waals surface area (Å²) in [7, 11) is 0. The lowest BCUT2D eigenvalue weighted by atomic mass is 9.94. The first-order chi connectivity index (χ1) is 9.74. The largest absolute Gasteiger partial charge is 0.331 e. The van der Waals surface area contributed by atoms with Crippen LogP contribution >= 0.6 is 23.6 Å². The molecule has 20 heavy (non-hydrogen) atoms. The Morgan fingerprint density at radius 1 is 1.35 bits per heavy atom. The Morgan fingerprint density at radius 3 is 3.15 bits per heavy atom. The molecule has 1 N–H and O–H groups in total. The molecule has 3 aromatic rings. The van der Waals surface area contributed by atoms with Gasteiger partial charge >= 0.3 is 0 Å². The minimum Gasteiger partial charge on any atom is -0.331 e. The van der Waals surface area contributed by atoms with Crippen LogP contribution in [0.15, 0.2) is 29.6 Å². The molecule has 1 aliphatic rings. The molecule has 0 saturated carbocycles. The molecule has 2 nitrogen and oxygen atoms in total. The number of thiophene rings is 1. The van der Waals surface area contributed by atoms with E-state index in [9.17, 15) is 4.39 Å². The Bertz CT molecular complexity index is 843. The highest BCUT2D eigenvalue weighted by atomic mass is 32.1. The molecule has 1 aliphatic carbocycles. The summed E-state index contributed by atoms with van der Waals surface area (Å²) in [6.45, 7) is 0. The number of fused-ring (bicyclic) bond motifs is 2. The number of halogens is 1. The Morgan fingerprint density at radius 2 is 2.25 bits per heavy atom. The fourth-order valence-corrected chi connectivity index (χ4v) is 4.45. The lowest BCUT2D eigenvalue weighted by molar-refractivity contribution is 0.500. The zero-order valence-corrected chi connectivity index (χ0v) is 12.4. The van der Waals surface area contributed by atoms with Crippen LogP contribution in [0.4, 0.5) is 4.39 Å². The number of hydrogen-bond acceptors (Lipinski definition) is 2. The molecule has 0 aliphatic heterocycles. The maximum absolute atomic E-state index is 13.6. The number of imidazole rings is 1. The molecule has 5 heteroatoms. The van der Waals surface area contributed by atoms with Crippen molar-refractivity contribution >= 4 is 34.6 Å². The maximum Gasteiger partial charge on any atom is 0.178 e. The van der Waals surface area contributed by atoms with Crippen LogP contribution in [0.2, 0.25) is 0 Å². The summed E-state index contributed by atoms with van der Waals surface area (Å²) >= 11 is 7.28. The Kier molecular flexibility index (Phi) is 2.79. The normalized spacial score (nSPS) is 18.4. The van der Waals surface area contributed by atoms with Crippen LogP contribution in [0, 0.1) is 10.6 Å². The summed E-state index contributed by atoms with van der Waals surface area (Å²) in [5.41, 5.74) is 3.11. The number of hydrogen-bond donors (Lipinski definition) is 1. The topological polar surface area (TPSA) is 20.7 Å². The standard InChI is InChI=1S/C15H13FN2S2/c16-9-4-5-11-13(8-9)18(15(19)17-11)12-2-1-3-14-10(12)6-7-20-14/h4-8,12H,1-3H2,(H,17,19). The van der Waals surface area contributed by atoms with E-state index in [1.807, 2.05) is 11.3 Å². The Balaban J connectivity index is 1.98. The number of aromatic nitrogens is 2. The molecule has 0 fully saturated rings. The van der Waals surface area contributed by atoms with E-state index in [4.69, 9.17) is 12.2 Å². The van der Waals surface area contributed by atoms with Gasteiger partial charge in [-0.25, -0.2) is 4.39 Å². The van der Waals surface area contributed by atoms with Gasteiger partial charge < -0.3 is 9.55 Å². The van der Waals surface area contributed by atoms with Gasteiger partial charge in [-0.2, -0.15) is 0 Å².